The number of aryl methyl sites for hydroxylation is 2. The summed E-state index contributed by atoms with van der Waals surface area (Å²) in [5, 5.41) is 11.0. The van der Waals surface area contributed by atoms with Crippen molar-refractivity contribution in [1.82, 2.24) is 9.88 Å². The summed E-state index contributed by atoms with van der Waals surface area (Å²) in [6, 6.07) is 3.46. The number of nitrogens with one attached hydrogen (secondary N) is 1. The van der Waals surface area contributed by atoms with E-state index in [0.717, 1.165) is 12.0 Å². The van der Waals surface area contributed by atoms with Crippen LogP contribution in [0.3, 0.4) is 0 Å². The molecule has 6 heteroatoms. The maximum Gasteiger partial charge on any atom is 0.305 e. The van der Waals surface area contributed by atoms with Crippen molar-refractivity contribution in [2.45, 2.75) is 39.2 Å². The van der Waals surface area contributed by atoms with Crippen molar-refractivity contribution in [3.8, 4) is 0 Å². The first-order valence-electron chi connectivity index (χ1n) is 6.64. The number of carboxylic acid groups (broad SMARTS) is 1. The molecule has 0 saturated heterocycles. The van der Waals surface area contributed by atoms with Gasteiger partial charge in [-0.3, -0.25) is 14.4 Å². The zero-order chi connectivity index (χ0) is 15.0. The van der Waals surface area contributed by atoms with Gasteiger partial charge in [-0.05, 0) is 31.4 Å². The van der Waals surface area contributed by atoms with Crippen molar-refractivity contribution in [1.29, 1.82) is 0 Å². The summed E-state index contributed by atoms with van der Waals surface area (Å²) in [6.45, 7) is 2.61. The number of pyridine rings is 1. The summed E-state index contributed by atoms with van der Waals surface area (Å²) in [5.74, 6) is -1.08. The smallest absolute Gasteiger partial charge is 0.305 e. The van der Waals surface area contributed by atoms with Gasteiger partial charge in [0.2, 0.25) is 5.91 Å². The second kappa shape index (κ2) is 8.14. The van der Waals surface area contributed by atoms with E-state index >= 15 is 0 Å². The van der Waals surface area contributed by atoms with Gasteiger partial charge in [-0.1, -0.05) is 0 Å². The molecule has 1 aromatic heterocycles. The largest absolute Gasteiger partial charge is 0.481 e. The fourth-order valence-corrected chi connectivity index (χ4v) is 1.76. The maximum absolute atomic E-state index is 11.6. The van der Waals surface area contributed by atoms with Crippen molar-refractivity contribution in [3.63, 3.8) is 0 Å². The van der Waals surface area contributed by atoms with Crippen LogP contribution in [0, 0.1) is 6.92 Å². The molecular formula is C14H20N2O4. The van der Waals surface area contributed by atoms with Gasteiger partial charge in [0.1, 0.15) is 0 Å². The molecule has 0 bridgehead atoms. The highest BCUT2D eigenvalue weighted by molar-refractivity contribution is 5.76. The second-order valence-electron chi connectivity index (χ2n) is 4.69. The van der Waals surface area contributed by atoms with Crippen LogP contribution in [0.5, 0.6) is 0 Å². The molecular weight excluding hydrogens is 260 g/mol. The highest BCUT2D eigenvalue weighted by Crippen LogP contribution is 1.99. The van der Waals surface area contributed by atoms with Crippen molar-refractivity contribution in [2.75, 3.05) is 6.54 Å². The first-order chi connectivity index (χ1) is 9.49. The number of carboxylic acids is 1. The van der Waals surface area contributed by atoms with Gasteiger partial charge in [0.15, 0.2) is 0 Å². The molecule has 1 heterocycles. The molecule has 0 aromatic carbocycles. The van der Waals surface area contributed by atoms with E-state index in [4.69, 9.17) is 5.11 Å². The highest BCUT2D eigenvalue weighted by atomic mass is 16.4. The molecule has 1 rings (SSSR count). The number of amides is 1. The Kier molecular flexibility index (Phi) is 6.49. The SMILES string of the molecule is Cc1ccn(CCCCC(=O)NCCC(=O)O)c(=O)c1. The van der Waals surface area contributed by atoms with Crippen LogP contribution in [0.1, 0.15) is 31.2 Å². The molecule has 0 aliphatic heterocycles. The topological polar surface area (TPSA) is 88.4 Å². The van der Waals surface area contributed by atoms with E-state index in [2.05, 4.69) is 5.32 Å². The first-order valence-corrected chi connectivity index (χ1v) is 6.64. The van der Waals surface area contributed by atoms with E-state index in [0.29, 0.717) is 19.4 Å². The molecule has 2 N–H and O–H groups in total. The lowest BCUT2D eigenvalue weighted by Gasteiger charge is -2.06. The summed E-state index contributed by atoms with van der Waals surface area (Å²) in [7, 11) is 0. The fraction of sp³-hybridized carbons (Fsp3) is 0.500. The third kappa shape index (κ3) is 6.17. The van der Waals surface area contributed by atoms with Crippen molar-refractivity contribution in [3.05, 3.63) is 34.2 Å². The molecule has 0 fully saturated rings. The van der Waals surface area contributed by atoms with E-state index < -0.39 is 5.97 Å². The monoisotopic (exact) mass is 280 g/mol. The van der Waals surface area contributed by atoms with Crippen LogP contribution in [-0.4, -0.2) is 28.1 Å². The second-order valence-corrected chi connectivity index (χ2v) is 4.69. The molecule has 6 nitrogen and oxygen atoms in total. The summed E-state index contributed by atoms with van der Waals surface area (Å²) in [6.07, 6.45) is 3.43. The number of rotatable bonds is 8. The number of carbonyl (C=O) groups excluding carboxylic acids is 1. The Bertz CT molecular complexity index is 522. The minimum atomic E-state index is -0.927. The van der Waals surface area contributed by atoms with Gasteiger partial charge in [0.25, 0.3) is 5.56 Å². The zero-order valence-corrected chi connectivity index (χ0v) is 11.6. The average molecular weight is 280 g/mol. The number of carbonyl (C=O) groups is 2. The van der Waals surface area contributed by atoms with E-state index in [1.807, 2.05) is 13.0 Å². The molecule has 0 unspecified atom stereocenters. The predicted octanol–water partition coefficient (Wildman–Crippen LogP) is 0.918. The molecule has 110 valence electrons. The third-order valence-corrected chi connectivity index (χ3v) is 2.87. The Morgan fingerprint density at radius 3 is 2.70 bits per heavy atom. The summed E-state index contributed by atoms with van der Waals surface area (Å²) < 4.78 is 1.62. The van der Waals surface area contributed by atoms with Gasteiger partial charge < -0.3 is 15.0 Å². The summed E-state index contributed by atoms with van der Waals surface area (Å²) in [4.78, 5) is 33.2. The number of hydrogen-bond donors (Lipinski definition) is 2. The number of hydrogen-bond acceptors (Lipinski definition) is 3. The van der Waals surface area contributed by atoms with Crippen molar-refractivity contribution in [2.24, 2.45) is 0 Å². The van der Waals surface area contributed by atoms with Gasteiger partial charge in [0.05, 0.1) is 6.42 Å². The van der Waals surface area contributed by atoms with E-state index in [9.17, 15) is 14.4 Å². The Morgan fingerprint density at radius 2 is 2.05 bits per heavy atom. The Morgan fingerprint density at radius 1 is 1.30 bits per heavy atom. The molecule has 0 spiro atoms. The quantitative estimate of drug-likeness (QED) is 0.693. The van der Waals surface area contributed by atoms with E-state index in [1.165, 1.54) is 0 Å². The van der Waals surface area contributed by atoms with Gasteiger partial charge >= 0.3 is 5.97 Å². The Labute approximate surface area is 117 Å². The minimum absolute atomic E-state index is 0.0316. The molecule has 0 saturated carbocycles. The standard InChI is InChI=1S/C14H20N2O4/c1-11-6-9-16(13(18)10-11)8-3-2-4-12(17)15-7-5-14(19)20/h6,9-10H,2-5,7-8H2,1H3,(H,15,17)(H,19,20). The highest BCUT2D eigenvalue weighted by Gasteiger charge is 2.03. The number of nitrogens with zero attached hydrogens (tertiary/aromatic N) is 1. The molecule has 1 aromatic rings. The number of aliphatic carboxylic acids is 1. The predicted molar refractivity (Wildman–Crippen MR) is 74.6 cm³/mol. The summed E-state index contributed by atoms with van der Waals surface area (Å²) >= 11 is 0. The van der Waals surface area contributed by atoms with Crippen LogP contribution in [0.4, 0.5) is 0 Å². The van der Waals surface area contributed by atoms with Gasteiger partial charge in [-0.25, -0.2) is 0 Å². The average Bonchev–Trinajstić information content (AvgIpc) is 2.36. The first kappa shape index (κ1) is 15.9. The van der Waals surface area contributed by atoms with Crippen molar-refractivity contribution < 1.29 is 14.7 Å². The van der Waals surface area contributed by atoms with Crippen LogP contribution < -0.4 is 10.9 Å². The maximum atomic E-state index is 11.6. The van der Waals surface area contributed by atoms with Gasteiger partial charge in [-0.15, -0.1) is 0 Å². The van der Waals surface area contributed by atoms with Crippen LogP contribution in [0.25, 0.3) is 0 Å². The van der Waals surface area contributed by atoms with Gasteiger partial charge in [0, 0.05) is 31.8 Å². The van der Waals surface area contributed by atoms with Crippen LogP contribution in [0.15, 0.2) is 23.1 Å². The number of aromatic nitrogens is 1. The number of unbranched alkanes of at least 4 members (excludes halogenated alkanes) is 1. The molecule has 0 radical (unpaired) electrons. The van der Waals surface area contributed by atoms with E-state index in [1.54, 1.807) is 16.8 Å². The molecule has 20 heavy (non-hydrogen) atoms. The molecule has 1 amide bonds. The molecule has 0 aliphatic rings. The van der Waals surface area contributed by atoms with E-state index in [-0.39, 0.29) is 24.4 Å². The fourth-order valence-electron chi connectivity index (χ4n) is 1.76. The van der Waals surface area contributed by atoms with Gasteiger partial charge in [-0.2, -0.15) is 0 Å². The van der Waals surface area contributed by atoms with Crippen LogP contribution in [-0.2, 0) is 16.1 Å². The Hall–Kier alpha value is -2.11. The third-order valence-electron chi connectivity index (χ3n) is 2.87. The summed E-state index contributed by atoms with van der Waals surface area (Å²) in [5.41, 5.74) is 0.903. The molecule has 0 aliphatic carbocycles. The normalized spacial score (nSPS) is 10.2. The zero-order valence-electron chi connectivity index (χ0n) is 11.6. The molecule has 0 atom stereocenters. The van der Waals surface area contributed by atoms with Crippen LogP contribution in [0.2, 0.25) is 0 Å². The lowest BCUT2D eigenvalue weighted by molar-refractivity contribution is -0.136. The Balaban J connectivity index is 2.20. The van der Waals surface area contributed by atoms with Crippen LogP contribution >= 0.6 is 0 Å². The lowest BCUT2D eigenvalue weighted by atomic mass is 10.2. The van der Waals surface area contributed by atoms with Crippen molar-refractivity contribution >= 4 is 11.9 Å². The lowest BCUT2D eigenvalue weighted by Crippen LogP contribution is -2.25. The minimum Gasteiger partial charge on any atom is -0.481 e.